The molecule has 0 aromatic heterocycles. The van der Waals surface area contributed by atoms with E-state index in [0.717, 1.165) is 16.7 Å². The molecule has 1 aliphatic rings. The third kappa shape index (κ3) is 5.31. The molecule has 3 aromatic rings. The predicted molar refractivity (Wildman–Crippen MR) is 142 cm³/mol. The zero-order chi connectivity index (χ0) is 23.5. The predicted octanol–water partition coefficient (Wildman–Crippen LogP) is 5.32. The second-order valence-electron chi connectivity index (χ2n) is 7.71. The largest absolute Gasteiger partial charge is 0.489 e. The van der Waals surface area contributed by atoms with E-state index >= 15 is 0 Å². The Morgan fingerprint density at radius 3 is 2.33 bits per heavy atom. The van der Waals surface area contributed by atoms with Crippen LogP contribution in [0.15, 0.2) is 72.3 Å². The smallest absolute Gasteiger partial charge is 0.270 e. The molecule has 0 unspecified atom stereocenters. The Morgan fingerprint density at radius 1 is 0.970 bits per heavy atom. The van der Waals surface area contributed by atoms with Crippen molar-refractivity contribution in [2.75, 3.05) is 4.90 Å². The fourth-order valence-electron chi connectivity index (χ4n) is 3.33. The van der Waals surface area contributed by atoms with Gasteiger partial charge in [0.15, 0.2) is 5.11 Å². The lowest BCUT2D eigenvalue weighted by atomic mass is 10.1. The van der Waals surface area contributed by atoms with Crippen molar-refractivity contribution in [2.45, 2.75) is 20.5 Å². The van der Waals surface area contributed by atoms with Gasteiger partial charge in [-0.15, -0.1) is 0 Å². The van der Waals surface area contributed by atoms with Crippen LogP contribution in [0.4, 0.5) is 5.69 Å². The average molecular weight is 568 g/mol. The van der Waals surface area contributed by atoms with Crippen LogP contribution in [0.2, 0.25) is 0 Å². The number of nitrogens with one attached hydrogen (secondary N) is 1. The van der Waals surface area contributed by atoms with Gasteiger partial charge in [0.05, 0.1) is 5.69 Å². The van der Waals surface area contributed by atoms with Crippen LogP contribution in [0, 0.1) is 17.4 Å². The molecule has 0 spiro atoms. The molecule has 0 radical (unpaired) electrons. The van der Waals surface area contributed by atoms with Gasteiger partial charge in [-0.25, -0.2) is 0 Å². The molecule has 2 amide bonds. The van der Waals surface area contributed by atoms with Gasteiger partial charge in [0.25, 0.3) is 11.8 Å². The minimum Gasteiger partial charge on any atom is -0.489 e. The molecule has 0 bridgehead atoms. The van der Waals surface area contributed by atoms with Crippen molar-refractivity contribution in [3.63, 3.8) is 0 Å². The lowest BCUT2D eigenvalue weighted by molar-refractivity contribution is -0.122. The van der Waals surface area contributed by atoms with Crippen LogP contribution in [-0.2, 0) is 16.2 Å². The first-order valence-electron chi connectivity index (χ1n) is 10.3. The van der Waals surface area contributed by atoms with E-state index in [1.165, 1.54) is 8.47 Å². The van der Waals surface area contributed by atoms with Crippen molar-refractivity contribution in [2.24, 2.45) is 0 Å². The Balaban J connectivity index is 1.52. The number of benzene rings is 3. The highest BCUT2D eigenvalue weighted by molar-refractivity contribution is 14.1. The van der Waals surface area contributed by atoms with Gasteiger partial charge in [0, 0.05) is 3.57 Å². The van der Waals surface area contributed by atoms with Crippen LogP contribution in [0.5, 0.6) is 5.75 Å². The number of nitrogens with zero attached hydrogens (tertiary/aromatic N) is 1. The molecule has 7 heteroatoms. The first-order chi connectivity index (χ1) is 15.8. The SMILES string of the molecule is Cc1ccc(N2C(=O)/C(=C/c3ccc(OCc4ccc(I)cc4)cc3)C(=O)NC2=S)cc1C. The number of ether oxygens (including phenoxy) is 1. The standard InChI is InChI=1S/C26H21IN2O3S/c1-16-3-10-21(13-17(16)2)29-25(31)23(24(30)28-26(29)33)14-18-6-11-22(12-7-18)32-15-19-4-8-20(27)9-5-19/h3-14H,15H2,1-2H3,(H,28,30,33)/b23-14+. The number of thiocarbonyl (C=S) groups is 1. The Hall–Kier alpha value is -3.04. The molecule has 1 fully saturated rings. The first kappa shape index (κ1) is 23.1. The summed E-state index contributed by atoms with van der Waals surface area (Å²) in [5.41, 5.74) is 4.58. The van der Waals surface area contributed by atoms with E-state index in [2.05, 4.69) is 27.9 Å². The summed E-state index contributed by atoms with van der Waals surface area (Å²) in [5, 5.41) is 2.69. The maximum atomic E-state index is 13.2. The van der Waals surface area contributed by atoms with Crippen molar-refractivity contribution < 1.29 is 14.3 Å². The van der Waals surface area contributed by atoms with Gasteiger partial charge in [-0.3, -0.25) is 19.8 Å². The maximum Gasteiger partial charge on any atom is 0.270 e. The van der Waals surface area contributed by atoms with Crippen molar-refractivity contribution >= 4 is 63.5 Å². The van der Waals surface area contributed by atoms with Gasteiger partial charge >= 0.3 is 0 Å². The number of carbonyl (C=O) groups is 2. The number of anilines is 1. The van der Waals surface area contributed by atoms with Gasteiger partial charge < -0.3 is 4.74 Å². The quantitative estimate of drug-likeness (QED) is 0.196. The van der Waals surface area contributed by atoms with Crippen LogP contribution < -0.4 is 15.0 Å². The molecular weight excluding hydrogens is 547 g/mol. The second kappa shape index (κ2) is 9.84. The second-order valence-corrected chi connectivity index (χ2v) is 9.34. The Bertz CT molecular complexity index is 1270. The minimum atomic E-state index is -0.510. The topological polar surface area (TPSA) is 58.6 Å². The molecule has 33 heavy (non-hydrogen) atoms. The summed E-state index contributed by atoms with van der Waals surface area (Å²) in [6.07, 6.45) is 1.57. The fourth-order valence-corrected chi connectivity index (χ4v) is 3.97. The summed E-state index contributed by atoms with van der Waals surface area (Å²) in [6, 6.07) is 21.0. The minimum absolute atomic E-state index is 0.0226. The zero-order valence-electron chi connectivity index (χ0n) is 18.1. The molecule has 1 aliphatic heterocycles. The van der Waals surface area contributed by atoms with E-state index < -0.39 is 11.8 Å². The van der Waals surface area contributed by atoms with Gasteiger partial charge in [-0.2, -0.15) is 0 Å². The number of halogens is 1. The van der Waals surface area contributed by atoms with Crippen LogP contribution in [0.3, 0.4) is 0 Å². The molecule has 1 heterocycles. The molecule has 1 N–H and O–H groups in total. The first-order valence-corrected chi connectivity index (χ1v) is 11.8. The molecule has 0 atom stereocenters. The van der Waals surface area contributed by atoms with Gasteiger partial charge in [0.1, 0.15) is 17.9 Å². The van der Waals surface area contributed by atoms with Crippen molar-refractivity contribution in [3.05, 3.63) is 98.1 Å². The number of hydrogen-bond acceptors (Lipinski definition) is 4. The van der Waals surface area contributed by atoms with Crippen LogP contribution in [0.25, 0.3) is 6.08 Å². The lowest BCUT2D eigenvalue weighted by Gasteiger charge is -2.29. The maximum absolute atomic E-state index is 13.2. The number of aryl methyl sites for hydroxylation is 2. The van der Waals surface area contributed by atoms with E-state index in [9.17, 15) is 9.59 Å². The van der Waals surface area contributed by atoms with Gasteiger partial charge in [0.2, 0.25) is 0 Å². The Kier molecular flexibility index (Phi) is 6.90. The zero-order valence-corrected chi connectivity index (χ0v) is 21.1. The normalized spacial score (nSPS) is 15.1. The van der Waals surface area contributed by atoms with Crippen molar-refractivity contribution in [1.82, 2.24) is 5.32 Å². The summed E-state index contributed by atoms with van der Waals surface area (Å²) in [4.78, 5) is 27.1. The van der Waals surface area contributed by atoms with E-state index in [1.807, 2.05) is 80.6 Å². The monoisotopic (exact) mass is 568 g/mol. The Labute approximate surface area is 211 Å². The highest BCUT2D eigenvalue weighted by Crippen LogP contribution is 2.25. The molecule has 0 aliphatic carbocycles. The van der Waals surface area contributed by atoms with Crippen molar-refractivity contribution in [1.29, 1.82) is 0 Å². The van der Waals surface area contributed by atoms with E-state index in [4.69, 9.17) is 17.0 Å². The number of rotatable bonds is 5. The third-order valence-electron chi connectivity index (χ3n) is 5.36. The van der Waals surface area contributed by atoms with E-state index in [-0.39, 0.29) is 10.7 Å². The molecular formula is C26H21IN2O3S. The molecule has 5 nitrogen and oxygen atoms in total. The number of carbonyl (C=O) groups excluding carboxylic acids is 2. The fraction of sp³-hybridized carbons (Fsp3) is 0.115. The molecule has 1 saturated heterocycles. The van der Waals surface area contributed by atoms with Crippen LogP contribution in [-0.4, -0.2) is 16.9 Å². The Morgan fingerprint density at radius 2 is 1.67 bits per heavy atom. The summed E-state index contributed by atoms with van der Waals surface area (Å²) in [7, 11) is 0. The summed E-state index contributed by atoms with van der Waals surface area (Å²) < 4.78 is 7.01. The van der Waals surface area contributed by atoms with Crippen molar-refractivity contribution in [3.8, 4) is 5.75 Å². The summed E-state index contributed by atoms with van der Waals surface area (Å²) >= 11 is 7.54. The highest BCUT2D eigenvalue weighted by atomic mass is 127. The van der Waals surface area contributed by atoms with Crippen LogP contribution >= 0.6 is 34.8 Å². The molecule has 166 valence electrons. The number of hydrogen-bond donors (Lipinski definition) is 1. The highest BCUT2D eigenvalue weighted by Gasteiger charge is 2.34. The lowest BCUT2D eigenvalue weighted by Crippen LogP contribution is -2.54. The summed E-state index contributed by atoms with van der Waals surface area (Å²) in [6.45, 7) is 4.42. The number of amides is 2. The van der Waals surface area contributed by atoms with Gasteiger partial charge in [-0.05, 0) is 113 Å². The van der Waals surface area contributed by atoms with Gasteiger partial charge in [-0.1, -0.05) is 30.3 Å². The molecule has 0 saturated carbocycles. The van der Waals surface area contributed by atoms with E-state index in [1.54, 1.807) is 6.08 Å². The molecule has 4 rings (SSSR count). The van der Waals surface area contributed by atoms with E-state index in [0.29, 0.717) is 23.6 Å². The molecule has 3 aromatic carbocycles. The average Bonchev–Trinajstić information content (AvgIpc) is 2.79. The summed E-state index contributed by atoms with van der Waals surface area (Å²) in [5.74, 6) is -0.261. The third-order valence-corrected chi connectivity index (χ3v) is 6.36. The van der Waals surface area contributed by atoms with Crippen LogP contribution in [0.1, 0.15) is 22.3 Å².